The molecule has 1 atom stereocenters. The minimum Gasteiger partial charge on any atom is -0.469 e. The Kier molecular flexibility index (Phi) is 4.83. The van der Waals surface area contributed by atoms with Crippen molar-refractivity contribution in [2.24, 2.45) is 5.92 Å². The van der Waals surface area contributed by atoms with Crippen LogP contribution in [0.3, 0.4) is 0 Å². The van der Waals surface area contributed by atoms with Crippen molar-refractivity contribution in [1.82, 2.24) is 0 Å². The molecule has 0 aromatic rings. The number of carbonyl (C=O) groups excluding carboxylic acids is 1. The van der Waals surface area contributed by atoms with Gasteiger partial charge in [-0.25, -0.2) is 0 Å². The summed E-state index contributed by atoms with van der Waals surface area (Å²) in [7, 11) is 0. The molecule has 0 saturated heterocycles. The molecule has 0 radical (unpaired) electrons. The summed E-state index contributed by atoms with van der Waals surface area (Å²) >= 11 is 0. The Morgan fingerprint density at radius 2 is 2.44 bits per heavy atom. The lowest BCUT2D eigenvalue weighted by atomic mass is 10.0. The topological polar surface area (TPSA) is 35.5 Å². The SMILES string of the molecule is C=C(C)CC=C1OC=CC1CC(=O)OCC. The first kappa shape index (κ1) is 12.6. The number of hydrogen-bond acceptors (Lipinski definition) is 3. The molecule has 16 heavy (non-hydrogen) atoms. The maximum Gasteiger partial charge on any atom is 0.306 e. The van der Waals surface area contributed by atoms with E-state index in [9.17, 15) is 4.79 Å². The molecule has 0 N–H and O–H groups in total. The van der Waals surface area contributed by atoms with Gasteiger partial charge in [-0.1, -0.05) is 12.2 Å². The fourth-order valence-electron chi connectivity index (χ4n) is 1.44. The van der Waals surface area contributed by atoms with Crippen molar-refractivity contribution < 1.29 is 14.3 Å². The normalized spacial score (nSPS) is 20.9. The number of ether oxygens (including phenoxy) is 2. The first-order valence-corrected chi connectivity index (χ1v) is 5.47. The highest BCUT2D eigenvalue weighted by Crippen LogP contribution is 2.26. The Bertz CT molecular complexity index is 326. The third kappa shape index (κ3) is 3.93. The Hall–Kier alpha value is -1.51. The molecule has 1 aliphatic heterocycles. The van der Waals surface area contributed by atoms with Crippen LogP contribution in [0.2, 0.25) is 0 Å². The molecule has 1 aliphatic rings. The van der Waals surface area contributed by atoms with E-state index in [1.54, 1.807) is 13.2 Å². The van der Waals surface area contributed by atoms with E-state index < -0.39 is 0 Å². The van der Waals surface area contributed by atoms with Crippen molar-refractivity contribution in [1.29, 1.82) is 0 Å². The lowest BCUT2D eigenvalue weighted by molar-refractivity contribution is -0.143. The Labute approximate surface area is 96.4 Å². The van der Waals surface area contributed by atoms with Gasteiger partial charge in [0.1, 0.15) is 5.76 Å². The summed E-state index contributed by atoms with van der Waals surface area (Å²) in [6.07, 6.45) is 6.57. The van der Waals surface area contributed by atoms with Crippen LogP contribution < -0.4 is 0 Å². The predicted octanol–water partition coefficient (Wildman–Crippen LogP) is 2.95. The molecular weight excluding hydrogens is 204 g/mol. The van der Waals surface area contributed by atoms with Crippen LogP contribution in [0.4, 0.5) is 0 Å². The standard InChI is InChI=1S/C13H18O3/c1-4-15-13(14)9-11-7-8-16-12(11)6-5-10(2)3/h6-8,11H,2,4-5,9H2,1,3H3. The van der Waals surface area contributed by atoms with E-state index in [0.29, 0.717) is 13.0 Å². The zero-order chi connectivity index (χ0) is 12.0. The molecule has 0 amide bonds. The van der Waals surface area contributed by atoms with E-state index in [1.165, 1.54) is 0 Å². The van der Waals surface area contributed by atoms with Gasteiger partial charge in [0.2, 0.25) is 0 Å². The maximum atomic E-state index is 11.3. The number of rotatable bonds is 5. The summed E-state index contributed by atoms with van der Waals surface area (Å²) in [5.74, 6) is 0.637. The molecule has 0 fully saturated rings. The van der Waals surface area contributed by atoms with E-state index in [2.05, 4.69) is 6.58 Å². The van der Waals surface area contributed by atoms with Gasteiger partial charge in [0.25, 0.3) is 0 Å². The van der Waals surface area contributed by atoms with E-state index in [0.717, 1.165) is 17.8 Å². The molecule has 3 nitrogen and oxygen atoms in total. The number of hydrogen-bond donors (Lipinski definition) is 0. The number of allylic oxidation sites excluding steroid dienone is 3. The van der Waals surface area contributed by atoms with E-state index in [4.69, 9.17) is 9.47 Å². The summed E-state index contributed by atoms with van der Waals surface area (Å²) in [6.45, 7) is 8.00. The third-order valence-corrected chi connectivity index (χ3v) is 2.22. The fraction of sp³-hybridized carbons (Fsp3) is 0.462. The highest BCUT2D eigenvalue weighted by Gasteiger charge is 2.21. The van der Waals surface area contributed by atoms with Gasteiger partial charge in [-0.2, -0.15) is 0 Å². The van der Waals surface area contributed by atoms with E-state index in [1.807, 2.05) is 19.1 Å². The van der Waals surface area contributed by atoms with Crippen LogP contribution in [0, 0.1) is 5.92 Å². The third-order valence-electron chi connectivity index (χ3n) is 2.22. The number of esters is 1. The molecule has 0 aliphatic carbocycles. The van der Waals surface area contributed by atoms with Gasteiger partial charge < -0.3 is 9.47 Å². The molecule has 3 heteroatoms. The van der Waals surface area contributed by atoms with Gasteiger partial charge in [-0.3, -0.25) is 4.79 Å². The Balaban J connectivity index is 2.51. The zero-order valence-electron chi connectivity index (χ0n) is 9.86. The van der Waals surface area contributed by atoms with Crippen LogP contribution in [0.15, 0.2) is 36.3 Å². The van der Waals surface area contributed by atoms with Crippen LogP contribution >= 0.6 is 0 Å². The van der Waals surface area contributed by atoms with Gasteiger partial charge in [-0.15, -0.1) is 0 Å². The molecule has 0 spiro atoms. The zero-order valence-corrected chi connectivity index (χ0v) is 9.86. The van der Waals surface area contributed by atoms with Crippen molar-refractivity contribution in [3.63, 3.8) is 0 Å². The van der Waals surface area contributed by atoms with Gasteiger partial charge in [0.05, 0.1) is 19.3 Å². The Morgan fingerprint density at radius 3 is 3.06 bits per heavy atom. The average Bonchev–Trinajstić information content (AvgIpc) is 2.62. The van der Waals surface area contributed by atoms with Crippen molar-refractivity contribution in [2.75, 3.05) is 6.61 Å². The molecule has 1 rings (SSSR count). The van der Waals surface area contributed by atoms with Crippen molar-refractivity contribution >= 4 is 5.97 Å². The average molecular weight is 222 g/mol. The van der Waals surface area contributed by atoms with Crippen molar-refractivity contribution in [3.05, 3.63) is 36.3 Å². The van der Waals surface area contributed by atoms with Crippen molar-refractivity contribution in [2.45, 2.75) is 26.7 Å². The first-order chi connectivity index (χ1) is 7.63. The highest BCUT2D eigenvalue weighted by atomic mass is 16.5. The quantitative estimate of drug-likeness (QED) is 0.530. The monoisotopic (exact) mass is 222 g/mol. The Morgan fingerprint density at radius 1 is 1.69 bits per heavy atom. The van der Waals surface area contributed by atoms with Crippen LogP contribution in [0.5, 0.6) is 0 Å². The van der Waals surface area contributed by atoms with Crippen LogP contribution in [-0.4, -0.2) is 12.6 Å². The first-order valence-electron chi connectivity index (χ1n) is 5.47. The van der Waals surface area contributed by atoms with Crippen LogP contribution in [-0.2, 0) is 14.3 Å². The van der Waals surface area contributed by atoms with Gasteiger partial charge in [-0.05, 0) is 32.4 Å². The summed E-state index contributed by atoms with van der Waals surface area (Å²) in [5, 5.41) is 0. The summed E-state index contributed by atoms with van der Waals surface area (Å²) in [6, 6.07) is 0. The van der Waals surface area contributed by atoms with E-state index >= 15 is 0 Å². The summed E-state index contributed by atoms with van der Waals surface area (Å²) < 4.78 is 10.2. The molecular formula is C13H18O3. The van der Waals surface area contributed by atoms with Crippen LogP contribution in [0.1, 0.15) is 26.7 Å². The van der Waals surface area contributed by atoms with Gasteiger partial charge >= 0.3 is 5.97 Å². The fourth-order valence-corrected chi connectivity index (χ4v) is 1.44. The second kappa shape index (κ2) is 6.16. The highest BCUT2D eigenvalue weighted by molar-refractivity contribution is 5.70. The van der Waals surface area contributed by atoms with Gasteiger partial charge in [0, 0.05) is 5.92 Å². The molecule has 0 aromatic heterocycles. The van der Waals surface area contributed by atoms with E-state index in [-0.39, 0.29) is 11.9 Å². The molecule has 0 aromatic carbocycles. The lowest BCUT2D eigenvalue weighted by Gasteiger charge is -2.09. The molecule has 0 bridgehead atoms. The molecule has 0 saturated carbocycles. The predicted molar refractivity (Wildman–Crippen MR) is 62.5 cm³/mol. The molecule has 1 heterocycles. The van der Waals surface area contributed by atoms with Crippen LogP contribution in [0.25, 0.3) is 0 Å². The second-order valence-corrected chi connectivity index (χ2v) is 3.83. The second-order valence-electron chi connectivity index (χ2n) is 3.83. The smallest absolute Gasteiger partial charge is 0.306 e. The van der Waals surface area contributed by atoms with Crippen molar-refractivity contribution in [3.8, 4) is 0 Å². The molecule has 88 valence electrons. The maximum absolute atomic E-state index is 11.3. The lowest BCUT2D eigenvalue weighted by Crippen LogP contribution is -2.10. The summed E-state index contributed by atoms with van der Waals surface area (Å²) in [4.78, 5) is 11.3. The minimum atomic E-state index is -0.191. The number of carbonyl (C=O) groups is 1. The van der Waals surface area contributed by atoms with Gasteiger partial charge in [0.15, 0.2) is 0 Å². The molecule has 1 unspecified atom stereocenters. The summed E-state index contributed by atoms with van der Waals surface area (Å²) in [5.41, 5.74) is 1.07. The largest absolute Gasteiger partial charge is 0.469 e. The minimum absolute atomic E-state index is 0.0124.